The second-order valence-corrected chi connectivity index (χ2v) is 8.41. The van der Waals surface area contributed by atoms with Crippen LogP contribution in [0.5, 0.6) is 0 Å². The highest BCUT2D eigenvalue weighted by atomic mass is 127. The summed E-state index contributed by atoms with van der Waals surface area (Å²) in [4.78, 5) is 7.51. The van der Waals surface area contributed by atoms with Crippen LogP contribution in [-0.4, -0.2) is 71.1 Å². The molecule has 1 saturated heterocycles. The van der Waals surface area contributed by atoms with Crippen molar-refractivity contribution in [3.8, 4) is 0 Å². The van der Waals surface area contributed by atoms with Gasteiger partial charge >= 0.3 is 0 Å². The molecule has 0 unspecified atom stereocenters. The molecule has 0 spiro atoms. The summed E-state index contributed by atoms with van der Waals surface area (Å²) >= 11 is 0. The molecule has 1 aliphatic carbocycles. The number of guanidine groups is 1. The zero-order valence-corrected chi connectivity index (χ0v) is 21.2. The first kappa shape index (κ1) is 25.3. The van der Waals surface area contributed by atoms with Crippen LogP contribution in [0.25, 0.3) is 0 Å². The summed E-state index contributed by atoms with van der Waals surface area (Å²) in [7, 11) is 3.73. The van der Waals surface area contributed by atoms with Gasteiger partial charge in [-0.2, -0.15) is 0 Å². The second-order valence-electron chi connectivity index (χ2n) is 8.41. The first-order chi connectivity index (χ1) is 14.2. The van der Waals surface area contributed by atoms with Crippen LogP contribution in [0.1, 0.15) is 63.0 Å². The Kier molecular flexibility index (Phi) is 11.4. The number of likely N-dealkylation sites (tertiary alicyclic amines) is 1. The fourth-order valence-electron chi connectivity index (χ4n) is 4.36. The van der Waals surface area contributed by atoms with Gasteiger partial charge in [-0.25, -0.2) is 4.99 Å². The quantitative estimate of drug-likeness (QED) is 0.232. The molecule has 9 heteroatoms. The average Bonchev–Trinajstić information content (AvgIpc) is 3.08. The summed E-state index contributed by atoms with van der Waals surface area (Å²) in [5, 5.41) is 15.5. The molecule has 1 aliphatic heterocycles. The van der Waals surface area contributed by atoms with Gasteiger partial charge in [-0.1, -0.05) is 19.3 Å². The fourth-order valence-corrected chi connectivity index (χ4v) is 4.36. The third kappa shape index (κ3) is 7.64. The van der Waals surface area contributed by atoms with Gasteiger partial charge in [0.25, 0.3) is 0 Å². The molecule has 2 heterocycles. The van der Waals surface area contributed by atoms with Gasteiger partial charge in [0.05, 0.1) is 0 Å². The van der Waals surface area contributed by atoms with Crippen molar-refractivity contribution in [3.05, 3.63) is 11.6 Å². The van der Waals surface area contributed by atoms with Crippen LogP contribution in [-0.2, 0) is 18.3 Å². The summed E-state index contributed by atoms with van der Waals surface area (Å²) in [6, 6.07) is 1.30. The lowest BCUT2D eigenvalue weighted by molar-refractivity contribution is 0.119. The van der Waals surface area contributed by atoms with E-state index in [9.17, 15) is 0 Å². The van der Waals surface area contributed by atoms with E-state index in [0.717, 1.165) is 43.2 Å². The number of aliphatic imine (C=N–C) groups is 1. The van der Waals surface area contributed by atoms with E-state index in [0.29, 0.717) is 12.6 Å². The molecule has 172 valence electrons. The van der Waals surface area contributed by atoms with Crippen molar-refractivity contribution in [2.75, 3.05) is 33.4 Å². The van der Waals surface area contributed by atoms with Gasteiger partial charge in [0.1, 0.15) is 12.4 Å². The normalized spacial score (nSPS) is 19.5. The number of hydrogen-bond donors (Lipinski definition) is 2. The minimum atomic E-state index is 0. The third-order valence-electron chi connectivity index (χ3n) is 6.34. The maximum Gasteiger partial charge on any atom is 0.191 e. The van der Waals surface area contributed by atoms with Gasteiger partial charge in [0.15, 0.2) is 11.8 Å². The lowest BCUT2D eigenvalue weighted by atomic mass is 9.92. The van der Waals surface area contributed by atoms with Crippen molar-refractivity contribution in [2.24, 2.45) is 12.0 Å². The van der Waals surface area contributed by atoms with Gasteiger partial charge in [0, 0.05) is 52.5 Å². The molecular weight excluding hydrogens is 493 g/mol. The number of aromatic nitrogens is 3. The van der Waals surface area contributed by atoms with Crippen molar-refractivity contribution in [1.29, 1.82) is 0 Å². The number of halogens is 1. The Bertz CT molecular complexity index is 637. The Labute approximate surface area is 198 Å². The number of piperidine rings is 1. The number of hydrogen-bond acceptors (Lipinski definition) is 5. The number of nitrogens with zero attached hydrogens (tertiary/aromatic N) is 5. The van der Waals surface area contributed by atoms with E-state index in [4.69, 9.17) is 9.73 Å². The third-order valence-corrected chi connectivity index (χ3v) is 6.34. The molecule has 8 nitrogen and oxygen atoms in total. The van der Waals surface area contributed by atoms with E-state index in [-0.39, 0.29) is 24.0 Å². The van der Waals surface area contributed by atoms with Crippen LogP contribution in [0, 0.1) is 6.92 Å². The number of ether oxygens (including phenoxy) is 1. The first-order valence-electron chi connectivity index (χ1n) is 11.3. The molecule has 3 rings (SSSR count). The highest BCUT2D eigenvalue weighted by Gasteiger charge is 2.26. The van der Waals surface area contributed by atoms with E-state index in [1.807, 2.05) is 18.5 Å². The topological polar surface area (TPSA) is 79.6 Å². The Morgan fingerprint density at radius 2 is 1.87 bits per heavy atom. The van der Waals surface area contributed by atoms with Gasteiger partial charge < -0.3 is 24.8 Å². The van der Waals surface area contributed by atoms with Crippen molar-refractivity contribution in [3.63, 3.8) is 0 Å². The SMILES string of the molecule is COCCCNC(=NCc1nnc(C)n1C)NC1CCN(C2CCCCC2)CC1.I. The molecule has 0 aromatic carbocycles. The van der Waals surface area contributed by atoms with Gasteiger partial charge in [-0.05, 0) is 39.0 Å². The van der Waals surface area contributed by atoms with E-state index >= 15 is 0 Å². The summed E-state index contributed by atoms with van der Waals surface area (Å²) in [6.45, 7) is 6.48. The zero-order valence-electron chi connectivity index (χ0n) is 18.9. The monoisotopic (exact) mass is 533 g/mol. The Hall–Kier alpha value is -0.940. The Morgan fingerprint density at radius 3 is 2.50 bits per heavy atom. The van der Waals surface area contributed by atoms with Gasteiger partial charge in [0.2, 0.25) is 0 Å². The molecule has 0 amide bonds. The maximum atomic E-state index is 5.16. The van der Waals surface area contributed by atoms with Crippen LogP contribution in [0.2, 0.25) is 0 Å². The minimum Gasteiger partial charge on any atom is -0.385 e. The average molecular weight is 534 g/mol. The predicted molar refractivity (Wildman–Crippen MR) is 131 cm³/mol. The summed E-state index contributed by atoms with van der Waals surface area (Å²) in [6.07, 6.45) is 10.3. The molecule has 1 aromatic heterocycles. The molecule has 0 atom stereocenters. The first-order valence-corrected chi connectivity index (χ1v) is 11.3. The van der Waals surface area contributed by atoms with Crippen LogP contribution in [0.4, 0.5) is 0 Å². The smallest absolute Gasteiger partial charge is 0.191 e. The molecule has 1 saturated carbocycles. The lowest BCUT2D eigenvalue weighted by Crippen LogP contribution is -2.51. The Balaban J connectivity index is 0.00000320. The Morgan fingerprint density at radius 1 is 1.13 bits per heavy atom. The van der Waals surface area contributed by atoms with Crippen LogP contribution < -0.4 is 10.6 Å². The number of methoxy groups -OCH3 is 1. The standard InChI is InChI=1S/C21H39N7O.HI/c1-17-25-26-20(27(17)2)16-23-21(22-12-7-15-29-3)24-18-10-13-28(14-11-18)19-8-5-4-6-9-19;/h18-19H,4-16H2,1-3H3,(H2,22,23,24);1H. The molecule has 2 N–H and O–H groups in total. The summed E-state index contributed by atoms with van der Waals surface area (Å²) in [5.41, 5.74) is 0. The summed E-state index contributed by atoms with van der Waals surface area (Å²) in [5.74, 6) is 2.67. The van der Waals surface area contributed by atoms with Crippen molar-refractivity contribution in [2.45, 2.75) is 76.9 Å². The van der Waals surface area contributed by atoms with Crippen LogP contribution in [0.3, 0.4) is 0 Å². The van der Waals surface area contributed by atoms with E-state index in [1.165, 1.54) is 58.0 Å². The number of aryl methyl sites for hydroxylation is 1. The van der Waals surface area contributed by atoms with E-state index < -0.39 is 0 Å². The molecule has 30 heavy (non-hydrogen) atoms. The molecule has 0 bridgehead atoms. The highest BCUT2D eigenvalue weighted by Crippen LogP contribution is 2.25. The molecule has 1 aromatic rings. The predicted octanol–water partition coefficient (Wildman–Crippen LogP) is 2.61. The molecular formula is C21H40IN7O. The zero-order chi connectivity index (χ0) is 20.5. The second kappa shape index (κ2) is 13.5. The van der Waals surface area contributed by atoms with Crippen molar-refractivity contribution >= 4 is 29.9 Å². The van der Waals surface area contributed by atoms with E-state index in [1.54, 1.807) is 7.11 Å². The van der Waals surface area contributed by atoms with Gasteiger partial charge in [-0.15, -0.1) is 34.2 Å². The lowest BCUT2D eigenvalue weighted by Gasteiger charge is -2.39. The van der Waals surface area contributed by atoms with E-state index in [2.05, 4.69) is 25.7 Å². The molecule has 2 fully saturated rings. The van der Waals surface area contributed by atoms with Crippen LogP contribution in [0.15, 0.2) is 4.99 Å². The van der Waals surface area contributed by atoms with Gasteiger partial charge in [-0.3, -0.25) is 0 Å². The molecule has 0 radical (unpaired) electrons. The van der Waals surface area contributed by atoms with Crippen molar-refractivity contribution < 1.29 is 4.74 Å². The molecule has 2 aliphatic rings. The van der Waals surface area contributed by atoms with Crippen LogP contribution >= 0.6 is 24.0 Å². The summed E-state index contributed by atoms with van der Waals surface area (Å²) < 4.78 is 7.16. The highest BCUT2D eigenvalue weighted by molar-refractivity contribution is 14.0. The van der Waals surface area contributed by atoms with Crippen molar-refractivity contribution in [1.82, 2.24) is 30.3 Å². The fraction of sp³-hybridized carbons (Fsp3) is 0.857. The number of nitrogens with one attached hydrogen (secondary N) is 2. The minimum absolute atomic E-state index is 0. The maximum absolute atomic E-state index is 5.16. The number of rotatable bonds is 8. The largest absolute Gasteiger partial charge is 0.385 e.